The number of benzene rings is 2. The van der Waals surface area contributed by atoms with Crippen molar-refractivity contribution in [3.8, 4) is 0 Å². The Kier molecular flexibility index (Phi) is 6.47. The molecule has 0 fully saturated rings. The fraction of sp³-hybridized carbons (Fsp3) is 0.316. The van der Waals surface area contributed by atoms with Gasteiger partial charge < -0.3 is 4.74 Å². The molecular weight excluding hydrogens is 296 g/mol. The molecule has 0 amide bonds. The number of carbonyl (C=O) groups excluding carboxylic acids is 1. The first kappa shape index (κ1) is 16.6. The maximum Gasteiger partial charge on any atom is 0.338 e. The summed E-state index contributed by atoms with van der Waals surface area (Å²) >= 11 is 6.11. The van der Waals surface area contributed by atoms with E-state index in [9.17, 15) is 4.79 Å². The molecule has 0 aliphatic carbocycles. The minimum Gasteiger partial charge on any atom is -0.462 e. The van der Waals surface area contributed by atoms with E-state index in [-0.39, 0.29) is 5.97 Å². The molecule has 22 heavy (non-hydrogen) atoms. The second-order valence-electron chi connectivity index (χ2n) is 5.23. The lowest BCUT2D eigenvalue weighted by molar-refractivity contribution is 0.0498. The minimum atomic E-state index is -0.250. The minimum absolute atomic E-state index is 0.250. The molecule has 0 radical (unpaired) electrons. The van der Waals surface area contributed by atoms with E-state index in [2.05, 4.69) is 6.92 Å². The predicted octanol–water partition coefficient (Wildman–Crippen LogP) is 5.08. The number of hydrogen-bond donors (Lipinski definition) is 0. The summed E-state index contributed by atoms with van der Waals surface area (Å²) in [6, 6.07) is 15.4. The molecule has 0 N–H and O–H groups in total. The number of aryl methyl sites for hydroxylation is 2. The van der Waals surface area contributed by atoms with Crippen LogP contribution in [0, 0.1) is 0 Å². The standard InChI is InChI=1S/C19H21ClO2/c1-2-15-10-12-17(13-11-15)19(21)22-14-6-5-8-16-7-3-4-9-18(16)20/h3-4,7,9-13H,2,5-6,8,14H2,1H3. The average Bonchev–Trinajstić information content (AvgIpc) is 2.56. The van der Waals surface area contributed by atoms with Gasteiger partial charge >= 0.3 is 5.97 Å². The van der Waals surface area contributed by atoms with Gasteiger partial charge in [-0.25, -0.2) is 4.79 Å². The predicted molar refractivity (Wildman–Crippen MR) is 90.5 cm³/mol. The van der Waals surface area contributed by atoms with Crippen molar-refractivity contribution in [2.45, 2.75) is 32.6 Å². The molecule has 2 nitrogen and oxygen atoms in total. The van der Waals surface area contributed by atoms with Crippen molar-refractivity contribution in [2.24, 2.45) is 0 Å². The normalized spacial score (nSPS) is 10.5. The third-order valence-corrected chi connectivity index (χ3v) is 4.00. The molecule has 0 unspecified atom stereocenters. The van der Waals surface area contributed by atoms with Gasteiger partial charge in [-0.3, -0.25) is 0 Å². The molecule has 2 aromatic carbocycles. The molecule has 0 spiro atoms. The highest BCUT2D eigenvalue weighted by molar-refractivity contribution is 6.31. The van der Waals surface area contributed by atoms with Crippen LogP contribution in [0.3, 0.4) is 0 Å². The largest absolute Gasteiger partial charge is 0.462 e. The summed E-state index contributed by atoms with van der Waals surface area (Å²) in [6.07, 6.45) is 3.66. The van der Waals surface area contributed by atoms with Crippen LogP contribution in [-0.4, -0.2) is 12.6 Å². The number of unbranched alkanes of at least 4 members (excludes halogenated alkanes) is 1. The molecule has 2 rings (SSSR count). The van der Waals surface area contributed by atoms with E-state index in [1.54, 1.807) is 0 Å². The zero-order valence-corrected chi connectivity index (χ0v) is 13.6. The van der Waals surface area contributed by atoms with Gasteiger partial charge in [0.1, 0.15) is 0 Å². The Morgan fingerprint density at radius 3 is 2.45 bits per heavy atom. The molecule has 0 aliphatic rings. The van der Waals surface area contributed by atoms with Gasteiger partial charge in [0.25, 0.3) is 0 Å². The first-order chi connectivity index (χ1) is 10.7. The number of esters is 1. The molecule has 0 aliphatic heterocycles. The van der Waals surface area contributed by atoms with Crippen molar-refractivity contribution in [1.29, 1.82) is 0 Å². The van der Waals surface area contributed by atoms with Crippen LogP contribution < -0.4 is 0 Å². The summed E-state index contributed by atoms with van der Waals surface area (Å²) in [5.41, 5.74) is 2.98. The molecule has 0 bridgehead atoms. The highest BCUT2D eigenvalue weighted by Gasteiger charge is 2.06. The van der Waals surface area contributed by atoms with Crippen molar-refractivity contribution < 1.29 is 9.53 Å². The monoisotopic (exact) mass is 316 g/mol. The Morgan fingerprint density at radius 1 is 1.05 bits per heavy atom. The lowest BCUT2D eigenvalue weighted by atomic mass is 10.1. The van der Waals surface area contributed by atoms with Gasteiger partial charge in [-0.1, -0.05) is 48.9 Å². The quantitative estimate of drug-likeness (QED) is 0.526. The zero-order chi connectivity index (χ0) is 15.8. The topological polar surface area (TPSA) is 26.3 Å². The van der Waals surface area contributed by atoms with Crippen molar-refractivity contribution in [3.63, 3.8) is 0 Å². The maximum atomic E-state index is 11.9. The van der Waals surface area contributed by atoms with Gasteiger partial charge in [0.05, 0.1) is 12.2 Å². The Labute approximate surface area is 137 Å². The van der Waals surface area contributed by atoms with E-state index in [0.29, 0.717) is 12.2 Å². The maximum absolute atomic E-state index is 11.9. The summed E-state index contributed by atoms with van der Waals surface area (Å²) in [6.45, 7) is 2.53. The molecule has 116 valence electrons. The number of ether oxygens (including phenoxy) is 1. The van der Waals surface area contributed by atoms with Crippen molar-refractivity contribution >= 4 is 17.6 Å². The van der Waals surface area contributed by atoms with Crippen LogP contribution in [0.5, 0.6) is 0 Å². The molecule has 2 aromatic rings. The number of carbonyl (C=O) groups is 1. The van der Waals surface area contributed by atoms with Crippen LogP contribution in [0.15, 0.2) is 48.5 Å². The van der Waals surface area contributed by atoms with Crippen LogP contribution in [-0.2, 0) is 17.6 Å². The van der Waals surface area contributed by atoms with Crippen molar-refractivity contribution in [1.82, 2.24) is 0 Å². The molecular formula is C19H21ClO2. The lowest BCUT2D eigenvalue weighted by Gasteiger charge is -2.06. The number of halogens is 1. The average molecular weight is 317 g/mol. The van der Waals surface area contributed by atoms with E-state index in [1.165, 1.54) is 5.56 Å². The van der Waals surface area contributed by atoms with Gasteiger partial charge in [-0.2, -0.15) is 0 Å². The summed E-state index contributed by atoms with van der Waals surface area (Å²) < 4.78 is 5.30. The van der Waals surface area contributed by atoms with Crippen LogP contribution in [0.4, 0.5) is 0 Å². The van der Waals surface area contributed by atoms with Gasteiger partial charge in [0, 0.05) is 5.02 Å². The van der Waals surface area contributed by atoms with Crippen LogP contribution in [0.2, 0.25) is 5.02 Å². The van der Waals surface area contributed by atoms with Crippen LogP contribution in [0.1, 0.15) is 41.3 Å². The van der Waals surface area contributed by atoms with E-state index in [4.69, 9.17) is 16.3 Å². The lowest BCUT2D eigenvalue weighted by Crippen LogP contribution is -2.06. The van der Waals surface area contributed by atoms with Crippen molar-refractivity contribution in [2.75, 3.05) is 6.61 Å². The van der Waals surface area contributed by atoms with Crippen LogP contribution >= 0.6 is 11.6 Å². The van der Waals surface area contributed by atoms with Gasteiger partial charge in [-0.15, -0.1) is 0 Å². The van der Waals surface area contributed by atoms with Gasteiger partial charge in [0.2, 0.25) is 0 Å². The summed E-state index contributed by atoms with van der Waals surface area (Å²) in [7, 11) is 0. The Hall–Kier alpha value is -1.80. The highest BCUT2D eigenvalue weighted by atomic mass is 35.5. The van der Waals surface area contributed by atoms with Crippen molar-refractivity contribution in [3.05, 3.63) is 70.2 Å². The van der Waals surface area contributed by atoms with E-state index in [0.717, 1.165) is 36.3 Å². The third kappa shape index (κ3) is 4.88. The molecule has 0 aromatic heterocycles. The first-order valence-corrected chi connectivity index (χ1v) is 8.08. The van der Waals surface area contributed by atoms with E-state index >= 15 is 0 Å². The van der Waals surface area contributed by atoms with E-state index in [1.807, 2.05) is 48.5 Å². The second kappa shape index (κ2) is 8.60. The van der Waals surface area contributed by atoms with Crippen LogP contribution in [0.25, 0.3) is 0 Å². The first-order valence-electron chi connectivity index (χ1n) is 7.70. The van der Waals surface area contributed by atoms with Gasteiger partial charge in [-0.05, 0) is 55.0 Å². The summed E-state index contributed by atoms with van der Waals surface area (Å²) in [5, 5.41) is 0.801. The van der Waals surface area contributed by atoms with E-state index < -0.39 is 0 Å². The SMILES string of the molecule is CCc1ccc(C(=O)OCCCCc2ccccc2Cl)cc1. The number of rotatable bonds is 7. The summed E-state index contributed by atoms with van der Waals surface area (Å²) in [5.74, 6) is -0.250. The third-order valence-electron chi connectivity index (χ3n) is 3.63. The Morgan fingerprint density at radius 2 is 1.77 bits per heavy atom. The highest BCUT2D eigenvalue weighted by Crippen LogP contribution is 2.17. The molecule has 0 atom stereocenters. The second-order valence-corrected chi connectivity index (χ2v) is 5.64. The fourth-order valence-corrected chi connectivity index (χ4v) is 2.47. The molecule has 0 heterocycles. The Balaban J connectivity index is 1.70. The Bertz CT molecular complexity index is 605. The molecule has 0 saturated carbocycles. The summed E-state index contributed by atoms with van der Waals surface area (Å²) in [4.78, 5) is 11.9. The number of hydrogen-bond acceptors (Lipinski definition) is 2. The smallest absolute Gasteiger partial charge is 0.338 e. The molecule has 3 heteroatoms. The van der Waals surface area contributed by atoms with Gasteiger partial charge in [0.15, 0.2) is 0 Å². The fourth-order valence-electron chi connectivity index (χ4n) is 2.24. The molecule has 0 saturated heterocycles. The zero-order valence-electron chi connectivity index (χ0n) is 12.8.